The number of nitrogens with one attached hydrogen (secondary N) is 1. The molecule has 1 aliphatic rings. The van der Waals surface area contributed by atoms with Gasteiger partial charge in [0.1, 0.15) is 11.6 Å². The topological polar surface area (TPSA) is 56.1 Å². The molecule has 4 heteroatoms. The molecule has 0 aromatic heterocycles. The molecule has 0 radical (unpaired) electrons. The minimum atomic E-state index is -0.166. The molecule has 0 heterocycles. The number of rotatable bonds is 4. The normalized spacial score (nSPS) is 17.4. The third kappa shape index (κ3) is 3.77. The van der Waals surface area contributed by atoms with E-state index in [1.165, 1.54) is 25.5 Å². The standard InChI is InChI=1S/C13H21N3O/c1-3-15-10-11(9-14)13(17)16(2)12-7-5-4-6-8-12/h10,12,15H,3-8H2,1-2H3/b11-10-. The van der Waals surface area contributed by atoms with Crippen LogP contribution in [0.4, 0.5) is 0 Å². The summed E-state index contributed by atoms with van der Waals surface area (Å²) in [6.45, 7) is 2.65. The third-order valence-corrected chi connectivity index (χ3v) is 3.24. The first-order chi connectivity index (χ1) is 8.20. The largest absolute Gasteiger partial charge is 0.390 e. The van der Waals surface area contributed by atoms with Crippen LogP contribution in [0, 0.1) is 11.3 Å². The summed E-state index contributed by atoms with van der Waals surface area (Å²) < 4.78 is 0. The van der Waals surface area contributed by atoms with E-state index in [1.807, 2.05) is 13.0 Å². The lowest BCUT2D eigenvalue weighted by atomic mass is 9.94. The van der Waals surface area contributed by atoms with E-state index in [9.17, 15) is 4.79 Å². The van der Waals surface area contributed by atoms with E-state index >= 15 is 0 Å². The van der Waals surface area contributed by atoms with Crippen LogP contribution in [0.25, 0.3) is 0 Å². The Hall–Kier alpha value is -1.50. The first kappa shape index (κ1) is 13.6. The van der Waals surface area contributed by atoms with E-state index in [-0.39, 0.29) is 11.5 Å². The van der Waals surface area contributed by atoms with Crippen LogP contribution < -0.4 is 5.32 Å². The fourth-order valence-electron chi connectivity index (χ4n) is 2.17. The van der Waals surface area contributed by atoms with Crippen LogP contribution >= 0.6 is 0 Å². The Morgan fingerprint density at radius 3 is 2.65 bits per heavy atom. The van der Waals surface area contributed by atoms with Gasteiger partial charge in [-0.15, -0.1) is 0 Å². The predicted molar refractivity (Wildman–Crippen MR) is 67.0 cm³/mol. The number of nitriles is 1. The molecule has 94 valence electrons. The van der Waals surface area contributed by atoms with Gasteiger partial charge in [-0.05, 0) is 19.8 Å². The Balaban J connectivity index is 2.63. The zero-order chi connectivity index (χ0) is 12.7. The van der Waals surface area contributed by atoms with Crippen LogP contribution in [0.3, 0.4) is 0 Å². The van der Waals surface area contributed by atoms with Gasteiger partial charge < -0.3 is 10.2 Å². The molecule has 1 rings (SSSR count). The molecule has 1 fully saturated rings. The average Bonchev–Trinajstić information content (AvgIpc) is 2.39. The van der Waals surface area contributed by atoms with Gasteiger partial charge in [-0.2, -0.15) is 5.26 Å². The molecular weight excluding hydrogens is 214 g/mol. The molecule has 1 saturated carbocycles. The third-order valence-electron chi connectivity index (χ3n) is 3.24. The van der Waals surface area contributed by atoms with Crippen molar-refractivity contribution in [2.75, 3.05) is 13.6 Å². The Kier molecular flexibility index (Phi) is 5.55. The molecule has 0 aliphatic heterocycles. The van der Waals surface area contributed by atoms with Gasteiger partial charge in [-0.3, -0.25) is 4.79 Å². The first-order valence-corrected chi connectivity index (χ1v) is 6.31. The van der Waals surface area contributed by atoms with Crippen LogP contribution in [0.5, 0.6) is 0 Å². The SMILES string of the molecule is CCN/C=C(/C#N)C(=O)N(C)C1CCCCC1. The molecule has 0 saturated heterocycles. The van der Waals surface area contributed by atoms with Gasteiger partial charge in [-0.1, -0.05) is 19.3 Å². The number of carbonyl (C=O) groups is 1. The van der Waals surface area contributed by atoms with Gasteiger partial charge in [0, 0.05) is 25.8 Å². The zero-order valence-electron chi connectivity index (χ0n) is 10.7. The summed E-state index contributed by atoms with van der Waals surface area (Å²) in [7, 11) is 1.80. The highest BCUT2D eigenvalue weighted by atomic mass is 16.2. The Bertz CT molecular complexity index is 324. The molecule has 0 bridgehead atoms. The van der Waals surface area contributed by atoms with E-state index in [0.29, 0.717) is 12.6 Å². The molecule has 4 nitrogen and oxygen atoms in total. The monoisotopic (exact) mass is 235 g/mol. The van der Waals surface area contributed by atoms with Crippen molar-refractivity contribution in [3.63, 3.8) is 0 Å². The Labute approximate surface area is 103 Å². The molecule has 1 amide bonds. The van der Waals surface area contributed by atoms with Gasteiger partial charge in [0.2, 0.25) is 0 Å². The first-order valence-electron chi connectivity index (χ1n) is 6.31. The molecule has 1 N–H and O–H groups in total. The minimum Gasteiger partial charge on any atom is -0.390 e. The van der Waals surface area contributed by atoms with E-state index in [4.69, 9.17) is 5.26 Å². The van der Waals surface area contributed by atoms with Crippen molar-refractivity contribution in [2.24, 2.45) is 0 Å². The maximum atomic E-state index is 12.1. The van der Waals surface area contributed by atoms with Crippen LogP contribution in [-0.4, -0.2) is 30.4 Å². The van der Waals surface area contributed by atoms with Crippen LogP contribution in [-0.2, 0) is 4.79 Å². The molecule has 0 aromatic rings. The quantitative estimate of drug-likeness (QED) is 0.597. The van der Waals surface area contributed by atoms with Gasteiger partial charge in [0.15, 0.2) is 0 Å². The summed E-state index contributed by atoms with van der Waals surface area (Å²) >= 11 is 0. The fraction of sp³-hybridized carbons (Fsp3) is 0.692. The second-order valence-corrected chi connectivity index (χ2v) is 4.44. The minimum absolute atomic E-state index is 0.166. The van der Waals surface area contributed by atoms with Gasteiger partial charge in [0.05, 0.1) is 0 Å². The Morgan fingerprint density at radius 1 is 1.47 bits per heavy atom. The van der Waals surface area contributed by atoms with E-state index in [1.54, 1.807) is 11.9 Å². The van der Waals surface area contributed by atoms with Crippen molar-refractivity contribution in [3.8, 4) is 6.07 Å². The van der Waals surface area contributed by atoms with Crippen molar-refractivity contribution >= 4 is 5.91 Å². The maximum Gasteiger partial charge on any atom is 0.265 e. The highest BCUT2D eigenvalue weighted by Crippen LogP contribution is 2.22. The van der Waals surface area contributed by atoms with Crippen LogP contribution in [0.15, 0.2) is 11.8 Å². The summed E-state index contributed by atoms with van der Waals surface area (Å²) in [5.41, 5.74) is 0.194. The highest BCUT2D eigenvalue weighted by molar-refractivity contribution is 5.97. The number of hydrogen-bond acceptors (Lipinski definition) is 3. The molecule has 1 aliphatic carbocycles. The zero-order valence-corrected chi connectivity index (χ0v) is 10.7. The molecule has 0 aromatic carbocycles. The summed E-state index contributed by atoms with van der Waals surface area (Å²) in [4.78, 5) is 13.8. The number of hydrogen-bond donors (Lipinski definition) is 1. The second kappa shape index (κ2) is 6.95. The second-order valence-electron chi connectivity index (χ2n) is 4.44. The lowest BCUT2D eigenvalue weighted by Gasteiger charge is -2.31. The molecular formula is C13H21N3O. The fourth-order valence-corrected chi connectivity index (χ4v) is 2.17. The van der Waals surface area contributed by atoms with E-state index < -0.39 is 0 Å². The summed E-state index contributed by atoms with van der Waals surface area (Å²) in [5.74, 6) is -0.166. The average molecular weight is 235 g/mol. The maximum absolute atomic E-state index is 12.1. The molecule has 0 unspecified atom stereocenters. The molecule has 17 heavy (non-hydrogen) atoms. The number of amides is 1. The summed E-state index contributed by atoms with van der Waals surface area (Å²) in [5, 5.41) is 11.9. The number of likely N-dealkylation sites (N-methyl/N-ethyl adjacent to an activating group) is 1. The van der Waals surface area contributed by atoms with Crippen molar-refractivity contribution in [2.45, 2.75) is 45.1 Å². The van der Waals surface area contributed by atoms with Gasteiger partial charge >= 0.3 is 0 Å². The number of nitrogens with zero attached hydrogens (tertiary/aromatic N) is 2. The van der Waals surface area contributed by atoms with Crippen molar-refractivity contribution in [1.29, 1.82) is 5.26 Å². The van der Waals surface area contributed by atoms with Crippen LogP contribution in [0.2, 0.25) is 0 Å². The molecule has 0 atom stereocenters. The van der Waals surface area contributed by atoms with E-state index in [2.05, 4.69) is 5.32 Å². The predicted octanol–water partition coefficient (Wildman–Crippen LogP) is 1.79. The number of carbonyl (C=O) groups excluding carboxylic acids is 1. The lowest BCUT2D eigenvalue weighted by Crippen LogP contribution is -2.39. The van der Waals surface area contributed by atoms with Gasteiger partial charge in [0.25, 0.3) is 5.91 Å². The summed E-state index contributed by atoms with van der Waals surface area (Å²) in [6, 6.07) is 2.26. The lowest BCUT2D eigenvalue weighted by molar-refractivity contribution is -0.128. The van der Waals surface area contributed by atoms with Crippen molar-refractivity contribution in [1.82, 2.24) is 10.2 Å². The van der Waals surface area contributed by atoms with E-state index in [0.717, 1.165) is 12.8 Å². The van der Waals surface area contributed by atoms with Gasteiger partial charge in [-0.25, -0.2) is 0 Å². The van der Waals surface area contributed by atoms with Crippen LogP contribution in [0.1, 0.15) is 39.0 Å². The summed E-state index contributed by atoms with van der Waals surface area (Å²) in [6.07, 6.45) is 7.25. The van der Waals surface area contributed by atoms with Crippen molar-refractivity contribution in [3.05, 3.63) is 11.8 Å². The van der Waals surface area contributed by atoms with Crippen molar-refractivity contribution < 1.29 is 4.79 Å². The smallest absolute Gasteiger partial charge is 0.265 e. The Morgan fingerprint density at radius 2 is 2.12 bits per heavy atom. The highest BCUT2D eigenvalue weighted by Gasteiger charge is 2.24. The molecule has 0 spiro atoms.